The van der Waals surface area contributed by atoms with E-state index in [9.17, 15) is 27.6 Å². The molecule has 0 radical (unpaired) electrons. The van der Waals surface area contributed by atoms with Crippen molar-refractivity contribution in [2.45, 2.75) is 110 Å². The number of hydrogen-bond donors (Lipinski definition) is 2. The first-order valence-electron chi connectivity index (χ1n) is 21.7. The van der Waals surface area contributed by atoms with Crippen LogP contribution in [0.4, 0.5) is 5.13 Å². The average Bonchev–Trinajstić information content (AvgIpc) is 3.65. The van der Waals surface area contributed by atoms with Gasteiger partial charge in [-0.2, -0.15) is 8.42 Å². The highest BCUT2D eigenvalue weighted by Crippen LogP contribution is 2.57. The third-order valence-electron chi connectivity index (χ3n) is 12.2. The quantitative estimate of drug-likeness (QED) is 0.0731. The van der Waals surface area contributed by atoms with E-state index in [2.05, 4.69) is 11.9 Å². The smallest absolute Gasteiger partial charge is 0.409 e. The van der Waals surface area contributed by atoms with E-state index in [1.54, 1.807) is 43.5 Å². The number of aromatic nitrogens is 2. The lowest BCUT2D eigenvalue weighted by Gasteiger charge is -2.35. The molecule has 3 heterocycles. The first kappa shape index (κ1) is 46.4. The molecule has 1 aliphatic heterocycles. The number of esters is 1. The van der Waals surface area contributed by atoms with Gasteiger partial charge >= 0.3 is 16.3 Å². The predicted molar refractivity (Wildman–Crippen MR) is 243 cm³/mol. The van der Waals surface area contributed by atoms with Gasteiger partial charge in [-0.1, -0.05) is 45.0 Å². The lowest BCUT2D eigenvalue weighted by Crippen LogP contribution is -2.48. The van der Waals surface area contributed by atoms with Crippen molar-refractivity contribution in [3.63, 3.8) is 0 Å². The van der Waals surface area contributed by atoms with Gasteiger partial charge in [0, 0.05) is 41.8 Å². The molecule has 1 saturated heterocycles. The lowest BCUT2D eigenvalue weighted by atomic mass is 9.77. The van der Waals surface area contributed by atoms with Gasteiger partial charge in [-0.05, 0) is 81.5 Å². The molecule has 342 valence electrons. The van der Waals surface area contributed by atoms with E-state index < -0.39 is 68.7 Å². The van der Waals surface area contributed by atoms with E-state index in [1.807, 2.05) is 50.8 Å². The van der Waals surface area contributed by atoms with Crippen LogP contribution in [0, 0.1) is 22.7 Å². The minimum atomic E-state index is -4.62. The molecule has 0 unspecified atom stereocenters. The minimum Gasteiger partial charge on any atom is -0.497 e. The monoisotopic (exact) mass is 915 g/mol. The third-order valence-corrected chi connectivity index (χ3v) is 13.8. The van der Waals surface area contributed by atoms with Gasteiger partial charge in [0.25, 0.3) is 0 Å². The summed E-state index contributed by atoms with van der Waals surface area (Å²) in [4.78, 5) is 68.2. The normalized spacial score (nSPS) is 21.6. The number of thiazole rings is 1. The fourth-order valence-electron chi connectivity index (χ4n) is 8.67. The number of Topliss-reactive ketones (excluding diaryl/α,β-unsaturated/α-hetero) is 1. The number of amides is 2. The van der Waals surface area contributed by atoms with Gasteiger partial charge in [0.1, 0.15) is 35.2 Å². The zero-order chi connectivity index (χ0) is 46.0. The van der Waals surface area contributed by atoms with Crippen LogP contribution in [0.1, 0.15) is 86.0 Å². The summed E-state index contributed by atoms with van der Waals surface area (Å²) in [5, 5.41) is 6.62. The number of carbonyl (C=O) groups is 4. The number of carbonyl (C=O) groups excluding carboxylic acids is 4. The number of fused-ring (bicyclic) bond motifs is 1. The number of anilines is 1. The van der Waals surface area contributed by atoms with Crippen molar-refractivity contribution in [2.24, 2.45) is 22.7 Å². The van der Waals surface area contributed by atoms with Crippen LogP contribution < -0.4 is 23.7 Å². The summed E-state index contributed by atoms with van der Waals surface area (Å²) in [5.41, 5.74) is -0.436. The lowest BCUT2D eigenvalue weighted by molar-refractivity contribution is -0.156. The molecule has 0 spiro atoms. The molecule has 2 saturated carbocycles. The van der Waals surface area contributed by atoms with Crippen molar-refractivity contribution in [1.29, 1.82) is 0 Å². The van der Waals surface area contributed by atoms with Gasteiger partial charge in [0.2, 0.25) is 11.8 Å². The maximum Gasteiger partial charge on any atom is 0.409 e. The minimum absolute atomic E-state index is 0.00313. The van der Waals surface area contributed by atoms with Crippen LogP contribution in [-0.2, 0) is 34.2 Å². The maximum absolute atomic E-state index is 15.0. The van der Waals surface area contributed by atoms with Gasteiger partial charge in [0.15, 0.2) is 10.9 Å². The summed E-state index contributed by atoms with van der Waals surface area (Å²) >= 11 is 1.45. The molecule has 2 N–H and O–H groups in total. The summed E-state index contributed by atoms with van der Waals surface area (Å²) in [6.07, 6.45) is 3.74. The second-order valence-electron chi connectivity index (χ2n) is 18.4. The first-order valence-corrected chi connectivity index (χ1v) is 24.0. The standard InChI is InChI=1S/C47H57N5O10S2/c1-8-29-24-47(29,44(56)51-64(57,58)62-31-16-10-9-11-17-31)25-40(53)39-21-33(26-52(39)43(55)35(46(4,5)6)22-42(54)61-30-14-12-13-15-30)60-41-23-37(38-27-63-45(50-38)48-28(2)3)49-36-20-32(59-7)18-19-34(36)41/h8-11,16-20,23,27-30,33,35,39H,1,12-15,21-22,24-26H2,2-7H3,(H,48,50)(H,51,56)/t29-,33-,35-,39+,47-/m1/s1. The Morgan fingerprint density at radius 3 is 2.39 bits per heavy atom. The third kappa shape index (κ3) is 10.7. The Bertz CT molecular complexity index is 2500. The Labute approximate surface area is 378 Å². The van der Waals surface area contributed by atoms with Crippen molar-refractivity contribution in [2.75, 3.05) is 19.0 Å². The molecule has 2 amide bonds. The summed E-state index contributed by atoms with van der Waals surface area (Å²) in [6, 6.07) is 14.0. The van der Waals surface area contributed by atoms with Crippen LogP contribution in [-0.4, -0.2) is 84.8 Å². The Kier molecular flexibility index (Phi) is 13.7. The number of allylic oxidation sites excluding steroid dienone is 1. The highest BCUT2D eigenvalue weighted by molar-refractivity contribution is 7.85. The van der Waals surface area contributed by atoms with E-state index in [0.717, 1.165) is 30.8 Å². The van der Waals surface area contributed by atoms with E-state index in [0.29, 0.717) is 33.8 Å². The number of rotatable bonds is 18. The summed E-state index contributed by atoms with van der Waals surface area (Å²) in [6.45, 7) is 13.5. The molecule has 3 fully saturated rings. The number of ketones is 1. The SMILES string of the molecule is C=C[C@@H]1C[C@]1(CC(=O)[C@@H]1C[C@@H](Oc2cc(-c3csc(NC(C)C)n3)nc3cc(OC)ccc23)CN1C(=O)[C@@H](CC(=O)OC1CCCC1)C(C)(C)C)C(=O)NS(=O)(=O)Oc1ccccc1. The molecule has 2 aromatic carbocycles. The Balaban J connectivity index is 1.20. The summed E-state index contributed by atoms with van der Waals surface area (Å²) in [5.74, 6) is -2.62. The van der Waals surface area contributed by atoms with E-state index >= 15 is 0 Å². The molecule has 64 heavy (non-hydrogen) atoms. The van der Waals surface area contributed by atoms with Gasteiger partial charge in [-0.3, -0.25) is 19.2 Å². The molecule has 7 rings (SSSR count). The van der Waals surface area contributed by atoms with Crippen LogP contribution in [0.2, 0.25) is 0 Å². The number of likely N-dealkylation sites (tertiary alicyclic amines) is 1. The second kappa shape index (κ2) is 18.9. The van der Waals surface area contributed by atoms with Crippen LogP contribution in [0.5, 0.6) is 17.2 Å². The average molecular weight is 916 g/mol. The van der Waals surface area contributed by atoms with Crippen LogP contribution in [0.15, 0.2) is 72.6 Å². The molecule has 2 aliphatic carbocycles. The number of hydrogen-bond acceptors (Lipinski definition) is 14. The molecule has 4 aromatic rings. The van der Waals surface area contributed by atoms with Crippen molar-refractivity contribution in [3.8, 4) is 28.6 Å². The summed E-state index contributed by atoms with van der Waals surface area (Å²) in [7, 11) is -3.06. The molecule has 3 aliphatic rings. The molecule has 17 heteroatoms. The fraction of sp³-hybridized carbons (Fsp3) is 0.489. The highest BCUT2D eigenvalue weighted by Gasteiger charge is 2.61. The highest BCUT2D eigenvalue weighted by atomic mass is 32.2. The number of nitrogens with zero attached hydrogens (tertiary/aromatic N) is 3. The van der Waals surface area contributed by atoms with E-state index in [-0.39, 0.29) is 50.1 Å². The van der Waals surface area contributed by atoms with Gasteiger partial charge < -0.3 is 28.6 Å². The zero-order valence-corrected chi connectivity index (χ0v) is 38.8. The van der Waals surface area contributed by atoms with Crippen molar-refractivity contribution in [3.05, 3.63) is 72.6 Å². The van der Waals surface area contributed by atoms with Crippen molar-refractivity contribution >= 4 is 61.2 Å². The molecule has 0 bridgehead atoms. The largest absolute Gasteiger partial charge is 0.497 e. The number of nitrogens with one attached hydrogen (secondary N) is 2. The first-order chi connectivity index (χ1) is 30.4. The fourth-order valence-corrected chi connectivity index (χ4v) is 10.4. The molecular weight excluding hydrogens is 859 g/mol. The Morgan fingerprint density at radius 1 is 1.00 bits per heavy atom. The Morgan fingerprint density at radius 2 is 1.73 bits per heavy atom. The number of pyridine rings is 1. The van der Waals surface area contributed by atoms with Gasteiger partial charge in [-0.15, -0.1) is 17.9 Å². The zero-order valence-electron chi connectivity index (χ0n) is 37.1. The second-order valence-corrected chi connectivity index (χ2v) is 20.5. The maximum atomic E-state index is 15.0. The van der Waals surface area contributed by atoms with Crippen molar-refractivity contribution < 1.29 is 46.0 Å². The molecule has 2 aromatic heterocycles. The van der Waals surface area contributed by atoms with Crippen LogP contribution >= 0.6 is 11.3 Å². The number of benzene rings is 2. The molecule has 5 atom stereocenters. The van der Waals surface area contributed by atoms with Crippen LogP contribution in [0.3, 0.4) is 0 Å². The van der Waals surface area contributed by atoms with Gasteiger partial charge in [-0.25, -0.2) is 14.7 Å². The van der Waals surface area contributed by atoms with E-state index in [4.69, 9.17) is 28.4 Å². The number of ether oxygens (including phenoxy) is 3. The summed E-state index contributed by atoms with van der Waals surface area (Å²) < 4.78 is 51.4. The molecular formula is C47H57N5O10S2. The van der Waals surface area contributed by atoms with Gasteiger partial charge in [0.05, 0.1) is 48.7 Å². The topological polar surface area (TPSA) is 192 Å². The van der Waals surface area contributed by atoms with Crippen molar-refractivity contribution in [1.82, 2.24) is 19.6 Å². The van der Waals surface area contributed by atoms with Crippen LogP contribution in [0.25, 0.3) is 22.3 Å². The van der Waals surface area contributed by atoms with E-state index in [1.165, 1.54) is 34.4 Å². The molecule has 15 nitrogen and oxygen atoms in total. The number of para-hydroxylation sites is 1. The predicted octanol–water partition coefficient (Wildman–Crippen LogP) is 7.67. The Hall–Kier alpha value is -5.55. The number of methoxy groups -OCH3 is 1.